The molecule has 3 fully saturated rings. The van der Waals surface area contributed by atoms with Crippen molar-refractivity contribution in [3.05, 3.63) is 0 Å². The smallest absolute Gasteiger partial charge is 0.311 e. The van der Waals surface area contributed by atoms with E-state index in [2.05, 4.69) is 5.32 Å². The summed E-state index contributed by atoms with van der Waals surface area (Å²) in [5, 5.41) is 12.3. The summed E-state index contributed by atoms with van der Waals surface area (Å²) in [6, 6.07) is 0. The molecular weight excluding hydrogens is 246 g/mol. The molecule has 0 aromatic rings. The summed E-state index contributed by atoms with van der Waals surface area (Å²) in [5.74, 6) is 0.583. The van der Waals surface area contributed by atoms with Gasteiger partial charge in [-0.1, -0.05) is 6.42 Å². The first-order valence-electron chi connectivity index (χ1n) is 7.23. The van der Waals surface area contributed by atoms with Crippen LogP contribution in [0.3, 0.4) is 0 Å². The zero-order chi connectivity index (χ0) is 13.5. The van der Waals surface area contributed by atoms with Gasteiger partial charge in [-0.25, -0.2) is 0 Å². The van der Waals surface area contributed by atoms with E-state index in [1.54, 1.807) is 0 Å². The van der Waals surface area contributed by atoms with Crippen LogP contribution in [0.2, 0.25) is 0 Å². The Morgan fingerprint density at radius 3 is 2.42 bits per heavy atom. The Labute approximate surface area is 112 Å². The molecule has 19 heavy (non-hydrogen) atoms. The third-order valence-electron chi connectivity index (χ3n) is 5.21. The minimum atomic E-state index is -0.822. The van der Waals surface area contributed by atoms with Crippen LogP contribution in [0.15, 0.2) is 0 Å². The first-order valence-corrected chi connectivity index (χ1v) is 7.23. The number of carbonyl (C=O) groups excluding carboxylic acids is 1. The number of hydrogen-bond acceptors (Lipinski definition) is 3. The molecule has 5 nitrogen and oxygen atoms in total. The van der Waals surface area contributed by atoms with Crippen LogP contribution in [0, 0.1) is 23.2 Å². The molecule has 0 aromatic heterocycles. The van der Waals surface area contributed by atoms with E-state index in [-0.39, 0.29) is 18.4 Å². The first kappa shape index (κ1) is 12.9. The van der Waals surface area contributed by atoms with Gasteiger partial charge in [0.05, 0.1) is 5.41 Å². The number of carboxylic acid groups (broad SMARTS) is 1. The predicted molar refractivity (Wildman–Crippen MR) is 67.5 cm³/mol. The molecule has 1 amide bonds. The maximum atomic E-state index is 12.1. The van der Waals surface area contributed by atoms with Crippen LogP contribution in [0.5, 0.6) is 0 Å². The molecule has 1 aliphatic heterocycles. The minimum absolute atomic E-state index is 0.0711. The maximum absolute atomic E-state index is 12.1. The molecule has 0 spiro atoms. The molecule has 2 unspecified atom stereocenters. The van der Waals surface area contributed by atoms with Gasteiger partial charge in [0.15, 0.2) is 0 Å². The molecule has 0 bridgehead atoms. The van der Waals surface area contributed by atoms with Crippen LogP contribution in [-0.2, 0) is 14.3 Å². The van der Waals surface area contributed by atoms with Gasteiger partial charge in [-0.3, -0.25) is 9.59 Å². The van der Waals surface area contributed by atoms with E-state index in [1.807, 2.05) is 0 Å². The standard InChI is InChI=1S/C14H21NO4/c16-12(11-9-2-1-3-10(9)11)15-8-14(13(17)18)4-6-19-7-5-14/h9-11H,1-8H2,(H,15,16)(H,17,18). The fourth-order valence-electron chi connectivity index (χ4n) is 3.81. The molecule has 2 aliphatic carbocycles. The van der Waals surface area contributed by atoms with E-state index in [9.17, 15) is 14.7 Å². The minimum Gasteiger partial charge on any atom is -0.481 e. The zero-order valence-electron chi connectivity index (χ0n) is 11.1. The third-order valence-corrected chi connectivity index (χ3v) is 5.21. The number of amides is 1. The lowest BCUT2D eigenvalue weighted by molar-refractivity contribution is -0.154. The van der Waals surface area contributed by atoms with Crippen LogP contribution in [0.25, 0.3) is 0 Å². The summed E-state index contributed by atoms with van der Waals surface area (Å²) >= 11 is 0. The molecule has 2 saturated carbocycles. The number of rotatable bonds is 4. The van der Waals surface area contributed by atoms with Gasteiger partial charge in [-0.15, -0.1) is 0 Å². The van der Waals surface area contributed by atoms with Gasteiger partial charge < -0.3 is 15.2 Å². The highest BCUT2D eigenvalue weighted by atomic mass is 16.5. The van der Waals surface area contributed by atoms with Crippen molar-refractivity contribution >= 4 is 11.9 Å². The Bertz CT molecular complexity index is 379. The summed E-state index contributed by atoms with van der Waals surface area (Å²) in [5.41, 5.74) is -0.822. The van der Waals surface area contributed by atoms with Gasteiger partial charge in [0, 0.05) is 25.7 Å². The van der Waals surface area contributed by atoms with Crippen molar-refractivity contribution in [1.29, 1.82) is 0 Å². The normalized spacial score (nSPS) is 35.5. The van der Waals surface area contributed by atoms with Crippen molar-refractivity contribution in [3.63, 3.8) is 0 Å². The van der Waals surface area contributed by atoms with Crippen molar-refractivity contribution in [1.82, 2.24) is 5.32 Å². The van der Waals surface area contributed by atoms with E-state index in [0.717, 1.165) is 0 Å². The monoisotopic (exact) mass is 267 g/mol. The van der Waals surface area contributed by atoms with Gasteiger partial charge in [-0.2, -0.15) is 0 Å². The number of hydrogen-bond donors (Lipinski definition) is 2. The maximum Gasteiger partial charge on any atom is 0.311 e. The van der Waals surface area contributed by atoms with Crippen LogP contribution < -0.4 is 5.32 Å². The Morgan fingerprint density at radius 1 is 1.21 bits per heavy atom. The van der Waals surface area contributed by atoms with E-state index in [0.29, 0.717) is 37.9 Å². The third kappa shape index (κ3) is 2.24. The second kappa shape index (κ2) is 4.78. The molecule has 3 aliphatic rings. The molecule has 0 radical (unpaired) electrons. The van der Waals surface area contributed by atoms with Crippen molar-refractivity contribution in [2.75, 3.05) is 19.8 Å². The molecule has 106 valence electrons. The fraction of sp³-hybridized carbons (Fsp3) is 0.857. The second-order valence-electron chi connectivity index (χ2n) is 6.20. The van der Waals surface area contributed by atoms with Crippen molar-refractivity contribution in [3.8, 4) is 0 Å². The SMILES string of the molecule is O=C(NCC1(C(=O)O)CCOCC1)C1C2CCCC21. The summed E-state index contributed by atoms with van der Waals surface area (Å²) in [6.45, 7) is 1.19. The van der Waals surface area contributed by atoms with Gasteiger partial charge >= 0.3 is 5.97 Å². The largest absolute Gasteiger partial charge is 0.481 e. The Kier molecular flexibility index (Phi) is 3.25. The van der Waals surface area contributed by atoms with E-state index < -0.39 is 11.4 Å². The van der Waals surface area contributed by atoms with Crippen molar-refractivity contribution in [2.45, 2.75) is 32.1 Å². The number of fused-ring (bicyclic) bond motifs is 1. The number of nitrogens with one attached hydrogen (secondary N) is 1. The molecule has 0 aromatic carbocycles. The molecule has 2 atom stereocenters. The first-order chi connectivity index (χ1) is 9.14. The van der Waals surface area contributed by atoms with Crippen molar-refractivity contribution in [2.24, 2.45) is 23.2 Å². The van der Waals surface area contributed by atoms with Crippen LogP contribution in [0.4, 0.5) is 0 Å². The van der Waals surface area contributed by atoms with Gasteiger partial charge in [0.25, 0.3) is 0 Å². The fourth-order valence-corrected chi connectivity index (χ4v) is 3.81. The van der Waals surface area contributed by atoms with E-state index in [1.165, 1.54) is 19.3 Å². The highest BCUT2D eigenvalue weighted by Crippen LogP contribution is 2.57. The highest BCUT2D eigenvalue weighted by molar-refractivity contribution is 5.83. The molecular formula is C14H21NO4. The molecule has 3 rings (SSSR count). The molecule has 2 N–H and O–H groups in total. The average Bonchev–Trinajstić information content (AvgIpc) is 2.90. The predicted octanol–water partition coefficient (Wildman–Crippen LogP) is 1.03. The van der Waals surface area contributed by atoms with Crippen LogP contribution in [-0.4, -0.2) is 36.7 Å². The van der Waals surface area contributed by atoms with Crippen LogP contribution in [0.1, 0.15) is 32.1 Å². The topological polar surface area (TPSA) is 75.6 Å². The lowest BCUT2D eigenvalue weighted by Gasteiger charge is -2.33. The Balaban J connectivity index is 1.55. The summed E-state index contributed by atoms with van der Waals surface area (Å²) in [6.07, 6.45) is 4.55. The number of carbonyl (C=O) groups is 2. The summed E-state index contributed by atoms with van der Waals surface area (Å²) < 4.78 is 5.23. The number of carboxylic acids is 1. The number of ether oxygens (including phenoxy) is 1. The lowest BCUT2D eigenvalue weighted by Crippen LogP contribution is -2.47. The van der Waals surface area contributed by atoms with E-state index in [4.69, 9.17) is 4.74 Å². The van der Waals surface area contributed by atoms with Crippen molar-refractivity contribution < 1.29 is 19.4 Å². The second-order valence-corrected chi connectivity index (χ2v) is 6.20. The van der Waals surface area contributed by atoms with Crippen LogP contribution >= 0.6 is 0 Å². The zero-order valence-corrected chi connectivity index (χ0v) is 11.1. The van der Waals surface area contributed by atoms with Gasteiger partial charge in [0.2, 0.25) is 5.91 Å². The molecule has 1 heterocycles. The highest BCUT2D eigenvalue weighted by Gasteiger charge is 2.56. The molecule has 5 heteroatoms. The average molecular weight is 267 g/mol. The quantitative estimate of drug-likeness (QED) is 0.797. The lowest BCUT2D eigenvalue weighted by atomic mass is 9.80. The number of aliphatic carboxylic acids is 1. The van der Waals surface area contributed by atoms with Gasteiger partial charge in [0.1, 0.15) is 0 Å². The Morgan fingerprint density at radius 2 is 1.84 bits per heavy atom. The van der Waals surface area contributed by atoms with Gasteiger partial charge in [-0.05, 0) is 37.5 Å². The van der Waals surface area contributed by atoms with E-state index >= 15 is 0 Å². The summed E-state index contributed by atoms with van der Waals surface area (Å²) in [7, 11) is 0. The summed E-state index contributed by atoms with van der Waals surface area (Å²) in [4.78, 5) is 23.6. The Hall–Kier alpha value is -1.10. The molecule has 1 saturated heterocycles.